The van der Waals surface area contributed by atoms with Crippen LogP contribution in [0.25, 0.3) is 10.9 Å². The zero-order valence-electron chi connectivity index (χ0n) is 24.2. The molecule has 2 aromatic carbocycles. The maximum Gasteiger partial charge on any atom is 0.412 e. The van der Waals surface area contributed by atoms with Crippen LogP contribution in [0.3, 0.4) is 0 Å². The number of fused-ring (bicyclic) bond motifs is 1. The molecule has 11 heteroatoms. The lowest BCUT2D eigenvalue weighted by molar-refractivity contribution is 0.0240. The summed E-state index contributed by atoms with van der Waals surface area (Å²) in [7, 11) is 0. The highest BCUT2D eigenvalue weighted by molar-refractivity contribution is 6.08. The van der Waals surface area contributed by atoms with E-state index in [0.717, 1.165) is 17.3 Å². The van der Waals surface area contributed by atoms with Crippen LogP contribution in [0.2, 0.25) is 0 Å². The minimum atomic E-state index is -0.724. The van der Waals surface area contributed by atoms with Crippen LogP contribution in [0.4, 0.5) is 31.2 Å². The smallest absolute Gasteiger partial charge is 0.412 e. The lowest BCUT2D eigenvalue weighted by atomic mass is 10.1. The Balaban J connectivity index is 1.43. The first kappa shape index (κ1) is 29.6. The number of hydrogen-bond acceptors (Lipinski definition) is 7. The van der Waals surface area contributed by atoms with Crippen LogP contribution in [0.5, 0.6) is 0 Å². The molecule has 1 saturated heterocycles. The number of anilines is 3. The molecule has 10 nitrogen and oxygen atoms in total. The SMILES string of the molecule is CC(C)(C)OC(=O)Nc1ccc(F)cc1NC(=O)c1ccc2nc(N3CCN(C(=O)OC(C)(C)C)CC3)ccc2c1. The van der Waals surface area contributed by atoms with Gasteiger partial charge < -0.3 is 24.6 Å². The van der Waals surface area contributed by atoms with Crippen molar-refractivity contribution in [2.45, 2.75) is 52.7 Å². The van der Waals surface area contributed by atoms with E-state index >= 15 is 0 Å². The molecule has 3 amide bonds. The molecular formula is C30H36FN5O5. The number of ether oxygens (including phenoxy) is 2. The van der Waals surface area contributed by atoms with Gasteiger partial charge in [0.05, 0.1) is 16.9 Å². The second kappa shape index (κ2) is 11.6. The van der Waals surface area contributed by atoms with Crippen LogP contribution in [0.1, 0.15) is 51.9 Å². The molecule has 0 radical (unpaired) electrons. The van der Waals surface area contributed by atoms with Crippen LogP contribution >= 0.6 is 0 Å². The van der Waals surface area contributed by atoms with Gasteiger partial charge in [0, 0.05) is 37.1 Å². The Hall–Kier alpha value is -4.41. The molecule has 1 aromatic heterocycles. The van der Waals surface area contributed by atoms with Crippen molar-refractivity contribution < 1.29 is 28.2 Å². The fraction of sp³-hybridized carbons (Fsp3) is 0.400. The number of piperazine rings is 1. The summed E-state index contributed by atoms with van der Waals surface area (Å²) in [4.78, 5) is 46.2. The first-order valence-electron chi connectivity index (χ1n) is 13.4. The first-order chi connectivity index (χ1) is 19.2. The Morgan fingerprint density at radius 1 is 0.805 bits per heavy atom. The molecule has 218 valence electrons. The first-order valence-corrected chi connectivity index (χ1v) is 13.4. The molecule has 0 atom stereocenters. The normalized spacial score (nSPS) is 14.0. The summed E-state index contributed by atoms with van der Waals surface area (Å²) in [6.45, 7) is 13.0. The van der Waals surface area contributed by atoms with Gasteiger partial charge in [0.2, 0.25) is 0 Å². The standard InChI is InChI=1S/C30H36FN5O5/c1-29(2,3)40-27(38)34-23-11-9-21(31)18-24(23)33-26(37)20-7-10-22-19(17-20)8-12-25(32-22)35-13-15-36(16-14-35)28(39)41-30(4,5)6/h7-12,17-18H,13-16H2,1-6H3,(H,33,37)(H,34,38). The molecule has 41 heavy (non-hydrogen) atoms. The second-order valence-corrected chi connectivity index (χ2v) is 11.8. The third-order valence-corrected chi connectivity index (χ3v) is 6.06. The van der Waals surface area contributed by atoms with Gasteiger partial charge in [0.1, 0.15) is 22.8 Å². The molecule has 4 rings (SSSR count). The quantitative estimate of drug-likeness (QED) is 0.397. The zero-order chi connectivity index (χ0) is 29.9. The predicted molar refractivity (Wildman–Crippen MR) is 156 cm³/mol. The molecule has 3 aromatic rings. The minimum absolute atomic E-state index is 0.0972. The summed E-state index contributed by atoms with van der Waals surface area (Å²) in [6, 6.07) is 12.5. The van der Waals surface area contributed by atoms with Gasteiger partial charge in [-0.3, -0.25) is 10.1 Å². The molecule has 1 aliphatic heterocycles. The number of pyridine rings is 1. The highest BCUT2D eigenvalue weighted by Gasteiger charge is 2.26. The molecule has 2 heterocycles. The van der Waals surface area contributed by atoms with E-state index in [0.29, 0.717) is 37.3 Å². The molecule has 0 saturated carbocycles. The van der Waals surface area contributed by atoms with Crippen molar-refractivity contribution in [2.75, 3.05) is 41.7 Å². The van der Waals surface area contributed by atoms with Gasteiger partial charge >= 0.3 is 12.2 Å². The largest absolute Gasteiger partial charge is 0.444 e. The second-order valence-electron chi connectivity index (χ2n) is 11.8. The van der Waals surface area contributed by atoms with Crippen LogP contribution in [-0.2, 0) is 9.47 Å². The van der Waals surface area contributed by atoms with Crippen molar-refractivity contribution in [1.82, 2.24) is 9.88 Å². The van der Waals surface area contributed by atoms with E-state index in [1.165, 1.54) is 12.1 Å². The molecular weight excluding hydrogens is 529 g/mol. The van der Waals surface area contributed by atoms with E-state index in [4.69, 9.17) is 14.5 Å². The number of carbonyl (C=O) groups excluding carboxylic acids is 3. The number of hydrogen-bond donors (Lipinski definition) is 2. The highest BCUT2D eigenvalue weighted by Crippen LogP contribution is 2.26. The third kappa shape index (κ3) is 8.06. The van der Waals surface area contributed by atoms with E-state index in [1.54, 1.807) is 43.9 Å². The highest BCUT2D eigenvalue weighted by atomic mass is 19.1. The monoisotopic (exact) mass is 565 g/mol. The lowest BCUT2D eigenvalue weighted by Gasteiger charge is -2.36. The van der Waals surface area contributed by atoms with Crippen LogP contribution < -0.4 is 15.5 Å². The minimum Gasteiger partial charge on any atom is -0.444 e. The fourth-order valence-corrected chi connectivity index (χ4v) is 4.21. The summed E-state index contributed by atoms with van der Waals surface area (Å²) in [5, 5.41) is 5.97. The van der Waals surface area contributed by atoms with Crippen molar-refractivity contribution in [3.05, 3.63) is 59.9 Å². The number of rotatable bonds is 4. The van der Waals surface area contributed by atoms with E-state index in [1.807, 2.05) is 32.9 Å². The van der Waals surface area contributed by atoms with Crippen LogP contribution in [0, 0.1) is 5.82 Å². The topological polar surface area (TPSA) is 113 Å². The van der Waals surface area contributed by atoms with Crippen molar-refractivity contribution in [2.24, 2.45) is 0 Å². The Labute approximate surface area is 238 Å². The van der Waals surface area contributed by atoms with E-state index < -0.39 is 29.0 Å². The van der Waals surface area contributed by atoms with Crippen molar-refractivity contribution in [3.8, 4) is 0 Å². The number of carbonyl (C=O) groups is 3. The van der Waals surface area contributed by atoms with Gasteiger partial charge in [0.15, 0.2) is 0 Å². The van der Waals surface area contributed by atoms with Gasteiger partial charge in [-0.25, -0.2) is 19.0 Å². The van der Waals surface area contributed by atoms with Gasteiger partial charge in [-0.05, 0) is 90.1 Å². The lowest BCUT2D eigenvalue weighted by Crippen LogP contribution is -2.50. The summed E-state index contributed by atoms with van der Waals surface area (Å²) in [5.74, 6) is -0.277. The Bertz CT molecular complexity index is 1460. The number of benzene rings is 2. The van der Waals surface area contributed by atoms with E-state index in [2.05, 4.69) is 15.5 Å². The average molecular weight is 566 g/mol. The summed E-state index contributed by atoms with van der Waals surface area (Å²) in [6.07, 6.45) is -1.04. The summed E-state index contributed by atoms with van der Waals surface area (Å²) >= 11 is 0. The van der Waals surface area contributed by atoms with Crippen molar-refractivity contribution >= 4 is 46.2 Å². The van der Waals surface area contributed by atoms with Gasteiger partial charge in [-0.2, -0.15) is 0 Å². The molecule has 1 aliphatic rings. The maximum atomic E-state index is 14.0. The molecule has 0 aliphatic carbocycles. The number of halogens is 1. The predicted octanol–water partition coefficient (Wildman–Crippen LogP) is 6.03. The number of nitrogens with one attached hydrogen (secondary N) is 2. The summed E-state index contributed by atoms with van der Waals surface area (Å²) in [5.41, 5.74) is 0.0754. The number of nitrogens with zero attached hydrogens (tertiary/aromatic N) is 3. The third-order valence-electron chi connectivity index (χ3n) is 6.06. The fourth-order valence-electron chi connectivity index (χ4n) is 4.21. The molecule has 2 N–H and O–H groups in total. The van der Waals surface area contributed by atoms with Crippen LogP contribution in [0.15, 0.2) is 48.5 Å². The summed E-state index contributed by atoms with van der Waals surface area (Å²) < 4.78 is 24.7. The van der Waals surface area contributed by atoms with Crippen LogP contribution in [-0.4, -0.2) is 65.4 Å². The number of amides is 3. The average Bonchev–Trinajstić information content (AvgIpc) is 2.87. The maximum absolute atomic E-state index is 14.0. The van der Waals surface area contributed by atoms with Gasteiger partial charge in [-0.15, -0.1) is 0 Å². The zero-order valence-corrected chi connectivity index (χ0v) is 24.2. The van der Waals surface area contributed by atoms with Gasteiger partial charge in [0.25, 0.3) is 5.91 Å². The molecule has 0 unspecified atom stereocenters. The van der Waals surface area contributed by atoms with Gasteiger partial charge in [-0.1, -0.05) is 0 Å². The Morgan fingerprint density at radius 2 is 1.49 bits per heavy atom. The van der Waals surface area contributed by atoms with E-state index in [-0.39, 0.29) is 17.5 Å². The molecule has 0 spiro atoms. The number of aromatic nitrogens is 1. The Morgan fingerprint density at radius 3 is 2.15 bits per heavy atom. The van der Waals surface area contributed by atoms with E-state index in [9.17, 15) is 18.8 Å². The van der Waals surface area contributed by atoms with Crippen molar-refractivity contribution in [1.29, 1.82) is 0 Å². The van der Waals surface area contributed by atoms with Crippen molar-refractivity contribution in [3.63, 3.8) is 0 Å². The Kier molecular flexibility index (Phi) is 8.37. The molecule has 1 fully saturated rings. The molecule has 0 bridgehead atoms.